The maximum Gasteiger partial charge on any atom is 0.339 e. The zero-order chi connectivity index (χ0) is 25.6. The molecule has 0 spiro atoms. The van der Waals surface area contributed by atoms with E-state index >= 15 is 0 Å². The molecule has 0 aliphatic rings. The van der Waals surface area contributed by atoms with E-state index in [-0.39, 0.29) is 28.6 Å². The lowest BCUT2D eigenvalue weighted by molar-refractivity contribution is -0.112. The highest BCUT2D eigenvalue weighted by Crippen LogP contribution is 2.37. The molecule has 0 aromatic heterocycles. The second-order valence-electron chi connectivity index (χ2n) is 6.89. The summed E-state index contributed by atoms with van der Waals surface area (Å²) in [6, 6.07) is 15.4. The van der Waals surface area contributed by atoms with E-state index in [0.717, 1.165) is 0 Å². The average Bonchev–Trinajstić information content (AvgIpc) is 2.81. The van der Waals surface area contributed by atoms with Crippen LogP contribution < -0.4 is 14.2 Å². The highest BCUT2D eigenvalue weighted by Gasteiger charge is 2.22. The van der Waals surface area contributed by atoms with Gasteiger partial charge in [0, 0.05) is 10.7 Å². The summed E-state index contributed by atoms with van der Waals surface area (Å²) in [5, 5.41) is 12.4. The Labute approximate surface area is 220 Å². The van der Waals surface area contributed by atoms with E-state index in [1.807, 2.05) is 28.7 Å². The fourth-order valence-corrected chi connectivity index (χ4v) is 4.79. The Kier molecular flexibility index (Phi) is 8.71. The van der Waals surface area contributed by atoms with Gasteiger partial charge in [-0.15, -0.1) is 0 Å². The van der Waals surface area contributed by atoms with E-state index in [4.69, 9.17) is 20.5 Å². The van der Waals surface area contributed by atoms with Crippen LogP contribution in [0.1, 0.15) is 12.5 Å². The third-order valence-electron chi connectivity index (χ3n) is 4.41. The first-order valence-electron chi connectivity index (χ1n) is 9.98. The minimum absolute atomic E-state index is 0.0335. The van der Waals surface area contributed by atoms with E-state index < -0.39 is 21.8 Å². The monoisotopic (exact) mass is 626 g/mol. The van der Waals surface area contributed by atoms with Gasteiger partial charge in [-0.05, 0) is 102 Å². The van der Waals surface area contributed by atoms with Crippen LogP contribution in [0.2, 0.25) is 5.02 Å². The van der Waals surface area contributed by atoms with Crippen molar-refractivity contribution in [2.75, 3.05) is 11.9 Å². The molecule has 1 N–H and O–H groups in total. The number of ether oxygens (including phenoxy) is 1. The van der Waals surface area contributed by atoms with E-state index in [0.29, 0.717) is 19.8 Å². The van der Waals surface area contributed by atoms with E-state index in [1.165, 1.54) is 66.7 Å². The third-order valence-corrected chi connectivity index (χ3v) is 6.69. The number of halogens is 3. The van der Waals surface area contributed by atoms with Crippen LogP contribution in [-0.4, -0.2) is 20.9 Å². The molecule has 0 unspecified atom stereocenters. The van der Waals surface area contributed by atoms with Crippen LogP contribution in [0.4, 0.5) is 10.1 Å². The number of hydrogen-bond donors (Lipinski definition) is 1. The summed E-state index contributed by atoms with van der Waals surface area (Å²) in [4.78, 5) is 12.4. The Morgan fingerprint density at radius 1 is 1.17 bits per heavy atom. The van der Waals surface area contributed by atoms with Gasteiger partial charge in [0.25, 0.3) is 5.91 Å². The average molecular weight is 627 g/mol. The fraction of sp³-hybridized carbons (Fsp3) is 0.0833. The number of rotatable bonds is 8. The molecule has 0 saturated heterocycles. The summed E-state index contributed by atoms with van der Waals surface area (Å²) in [6.07, 6.45) is 1.32. The number of benzene rings is 3. The molecular weight excluding hydrogens is 610 g/mol. The molecule has 0 atom stereocenters. The molecular formula is C24H17ClFIN2O5S. The van der Waals surface area contributed by atoms with E-state index in [2.05, 4.69) is 5.32 Å². The molecule has 11 heteroatoms. The maximum atomic E-state index is 13.1. The minimum Gasteiger partial charge on any atom is -0.490 e. The van der Waals surface area contributed by atoms with Gasteiger partial charge in [-0.25, -0.2) is 4.39 Å². The Hall–Kier alpha value is -3.14. The highest BCUT2D eigenvalue weighted by molar-refractivity contribution is 14.1. The van der Waals surface area contributed by atoms with Crippen LogP contribution >= 0.6 is 34.2 Å². The lowest BCUT2D eigenvalue weighted by Crippen LogP contribution is -2.13. The Morgan fingerprint density at radius 2 is 1.83 bits per heavy atom. The van der Waals surface area contributed by atoms with Gasteiger partial charge in [-0.3, -0.25) is 4.79 Å². The molecule has 3 rings (SSSR count). The van der Waals surface area contributed by atoms with Crippen LogP contribution in [0.15, 0.2) is 71.1 Å². The zero-order valence-electron chi connectivity index (χ0n) is 18.1. The quantitative estimate of drug-likeness (QED) is 0.147. The number of hydrogen-bond acceptors (Lipinski definition) is 6. The van der Waals surface area contributed by atoms with Crippen molar-refractivity contribution in [2.24, 2.45) is 0 Å². The molecule has 0 aliphatic carbocycles. The summed E-state index contributed by atoms with van der Waals surface area (Å²) in [5.41, 5.74) is 0.494. The molecule has 180 valence electrons. The normalized spacial score (nSPS) is 11.5. The number of carbonyl (C=O) groups is 1. The molecule has 35 heavy (non-hydrogen) atoms. The lowest BCUT2D eigenvalue weighted by atomic mass is 10.1. The minimum atomic E-state index is -4.19. The molecule has 0 saturated carbocycles. The summed E-state index contributed by atoms with van der Waals surface area (Å²) >= 11 is 7.70. The van der Waals surface area contributed by atoms with Crippen LogP contribution in [0.25, 0.3) is 6.08 Å². The van der Waals surface area contributed by atoms with Crippen molar-refractivity contribution in [1.29, 1.82) is 5.26 Å². The third kappa shape index (κ3) is 6.94. The molecule has 3 aromatic rings. The number of nitriles is 1. The van der Waals surface area contributed by atoms with Crippen molar-refractivity contribution >= 4 is 62.0 Å². The molecule has 0 radical (unpaired) electrons. The predicted octanol–water partition coefficient (Wildman–Crippen LogP) is 5.80. The Balaban J connectivity index is 1.93. The van der Waals surface area contributed by atoms with Crippen molar-refractivity contribution in [3.05, 3.63) is 86.2 Å². The van der Waals surface area contributed by atoms with Gasteiger partial charge in [-0.1, -0.05) is 11.6 Å². The van der Waals surface area contributed by atoms with Crippen LogP contribution in [0, 0.1) is 20.7 Å². The first-order valence-corrected chi connectivity index (χ1v) is 12.8. The van der Waals surface area contributed by atoms with E-state index in [1.54, 1.807) is 6.92 Å². The molecule has 1 amide bonds. The van der Waals surface area contributed by atoms with Crippen LogP contribution in [0.3, 0.4) is 0 Å². The summed E-state index contributed by atoms with van der Waals surface area (Å²) in [7, 11) is -4.19. The number of nitrogens with one attached hydrogen (secondary N) is 1. The van der Waals surface area contributed by atoms with Gasteiger partial charge in [-0.2, -0.15) is 13.7 Å². The topological polar surface area (TPSA) is 105 Å². The van der Waals surface area contributed by atoms with E-state index in [9.17, 15) is 22.9 Å². The van der Waals surface area contributed by atoms with Gasteiger partial charge in [0.15, 0.2) is 11.5 Å². The molecule has 0 fully saturated rings. The van der Waals surface area contributed by atoms with Crippen molar-refractivity contribution in [3.8, 4) is 17.6 Å². The largest absolute Gasteiger partial charge is 0.490 e. The SMILES string of the molecule is CCOc1cc(/C=C(\C#N)C(=O)Nc2ccc(F)cc2)cc(I)c1OS(=O)(=O)c1ccc(Cl)cc1. The summed E-state index contributed by atoms with van der Waals surface area (Å²) in [5.74, 6) is -1.08. The molecule has 0 bridgehead atoms. The Morgan fingerprint density at radius 3 is 2.43 bits per heavy atom. The number of nitrogens with zero attached hydrogens (tertiary/aromatic N) is 1. The first-order chi connectivity index (χ1) is 16.6. The zero-order valence-corrected chi connectivity index (χ0v) is 21.8. The van der Waals surface area contributed by atoms with Gasteiger partial charge in [0.1, 0.15) is 22.4 Å². The molecule has 3 aromatic carbocycles. The second kappa shape index (κ2) is 11.5. The first kappa shape index (κ1) is 26.5. The van der Waals surface area contributed by atoms with Gasteiger partial charge in [0.05, 0.1) is 10.2 Å². The van der Waals surface area contributed by atoms with Crippen molar-refractivity contribution in [3.63, 3.8) is 0 Å². The summed E-state index contributed by atoms with van der Waals surface area (Å²) < 4.78 is 49.9. The number of carbonyl (C=O) groups excluding carboxylic acids is 1. The van der Waals surface area contributed by atoms with Crippen molar-refractivity contribution in [1.82, 2.24) is 0 Å². The molecule has 7 nitrogen and oxygen atoms in total. The van der Waals surface area contributed by atoms with Crippen LogP contribution in [-0.2, 0) is 14.9 Å². The molecule has 0 aliphatic heterocycles. The number of anilines is 1. The maximum absolute atomic E-state index is 13.1. The number of amides is 1. The van der Waals surface area contributed by atoms with Crippen molar-refractivity contribution < 1.29 is 26.5 Å². The van der Waals surface area contributed by atoms with Gasteiger partial charge < -0.3 is 14.2 Å². The lowest BCUT2D eigenvalue weighted by Gasteiger charge is -2.15. The van der Waals surface area contributed by atoms with Gasteiger partial charge >= 0.3 is 10.1 Å². The fourth-order valence-electron chi connectivity index (χ4n) is 2.82. The van der Waals surface area contributed by atoms with Crippen LogP contribution in [0.5, 0.6) is 11.5 Å². The summed E-state index contributed by atoms with van der Waals surface area (Å²) in [6.45, 7) is 1.92. The Bertz CT molecular complexity index is 1420. The standard InChI is InChI=1S/C24H17ClFIN2O5S/c1-2-33-22-13-15(11-16(14-28)24(30)29-19-7-5-18(26)6-8-19)12-21(27)23(22)34-35(31,32)20-9-3-17(25)4-10-20/h3-13H,2H2,1H3,(H,29,30)/b16-11+. The molecule has 0 heterocycles. The van der Waals surface area contributed by atoms with Gasteiger partial charge in [0.2, 0.25) is 0 Å². The van der Waals surface area contributed by atoms with Crippen molar-refractivity contribution in [2.45, 2.75) is 11.8 Å². The smallest absolute Gasteiger partial charge is 0.339 e. The second-order valence-corrected chi connectivity index (χ2v) is 10.0. The predicted molar refractivity (Wildman–Crippen MR) is 138 cm³/mol. The highest BCUT2D eigenvalue weighted by atomic mass is 127.